The fraction of sp³-hybridized carbons (Fsp3) is 0.357. The summed E-state index contributed by atoms with van der Waals surface area (Å²) >= 11 is 0. The number of ether oxygens (including phenoxy) is 2. The van der Waals surface area contributed by atoms with E-state index >= 15 is 0 Å². The predicted molar refractivity (Wildman–Crippen MR) is 130 cm³/mol. The van der Waals surface area contributed by atoms with Crippen LogP contribution in [0, 0.1) is 5.92 Å². The van der Waals surface area contributed by atoms with Crippen LogP contribution in [0.1, 0.15) is 53.6 Å². The fourth-order valence-electron chi connectivity index (χ4n) is 4.71. The summed E-state index contributed by atoms with van der Waals surface area (Å²) in [6.07, 6.45) is 0.320. The van der Waals surface area contributed by atoms with Crippen molar-refractivity contribution in [2.75, 3.05) is 7.11 Å². The zero-order valence-electron chi connectivity index (χ0n) is 19.9. The van der Waals surface area contributed by atoms with Crippen molar-refractivity contribution in [2.24, 2.45) is 5.92 Å². The number of benzene rings is 3. The van der Waals surface area contributed by atoms with E-state index in [4.69, 9.17) is 9.47 Å². The van der Waals surface area contributed by atoms with E-state index in [9.17, 15) is 22.8 Å². The molecule has 3 aromatic carbocycles. The Morgan fingerprint density at radius 3 is 2.33 bits per heavy atom. The first-order valence-electron chi connectivity index (χ1n) is 12.0. The van der Waals surface area contributed by atoms with Gasteiger partial charge in [0.25, 0.3) is 5.91 Å². The van der Waals surface area contributed by atoms with Crippen LogP contribution in [0.2, 0.25) is 0 Å². The van der Waals surface area contributed by atoms with Crippen LogP contribution in [0.5, 0.6) is 5.75 Å². The molecular weight excluding hydrogens is 471 g/mol. The number of hydrogen-bond acceptors (Lipinski definition) is 4. The molecule has 0 spiro atoms. The lowest BCUT2D eigenvalue weighted by Crippen LogP contribution is -2.47. The summed E-state index contributed by atoms with van der Waals surface area (Å²) in [5, 5.41) is 4.39. The summed E-state index contributed by atoms with van der Waals surface area (Å²) in [6, 6.07) is 14.7. The van der Waals surface area contributed by atoms with Gasteiger partial charge in [-0.25, -0.2) is 4.79 Å². The van der Waals surface area contributed by atoms with Crippen molar-refractivity contribution in [3.05, 3.63) is 77.4 Å². The molecular formula is C28H28F3NO4. The van der Waals surface area contributed by atoms with Crippen LogP contribution in [0.4, 0.5) is 13.2 Å². The molecule has 0 aromatic heterocycles. The van der Waals surface area contributed by atoms with Gasteiger partial charge in [-0.15, -0.1) is 0 Å². The number of carbonyl (C=O) groups is 2. The molecule has 1 unspecified atom stereocenters. The van der Waals surface area contributed by atoms with Gasteiger partial charge in [0.15, 0.2) is 0 Å². The standard InChI is InChI=1S/C28H28F3NO4/c1-35-27(34)24(20-8-3-2-4-9-20)32-26(33)23-16-13-19-7-5-6-10-22(19)25(23)36-17-18-11-14-21(15-12-18)28(29,30)31/h5-7,10-16,20,24H,2-4,8-9,17H2,1H3,(H,32,33). The largest absolute Gasteiger partial charge is 0.487 e. The smallest absolute Gasteiger partial charge is 0.416 e. The lowest BCUT2D eigenvalue weighted by Gasteiger charge is -2.29. The molecule has 8 heteroatoms. The van der Waals surface area contributed by atoms with E-state index in [0.717, 1.165) is 49.6 Å². The van der Waals surface area contributed by atoms with Gasteiger partial charge in [0, 0.05) is 5.39 Å². The number of nitrogens with one attached hydrogen (secondary N) is 1. The second-order valence-corrected chi connectivity index (χ2v) is 9.02. The quantitative estimate of drug-likeness (QED) is 0.388. The van der Waals surface area contributed by atoms with Crippen LogP contribution >= 0.6 is 0 Å². The second kappa shape index (κ2) is 11.0. The van der Waals surface area contributed by atoms with E-state index < -0.39 is 29.7 Å². The molecule has 0 radical (unpaired) electrons. The highest BCUT2D eigenvalue weighted by Gasteiger charge is 2.33. The number of rotatable bonds is 7. The van der Waals surface area contributed by atoms with Crippen molar-refractivity contribution in [2.45, 2.75) is 50.9 Å². The van der Waals surface area contributed by atoms with Crippen molar-refractivity contribution in [3.63, 3.8) is 0 Å². The molecule has 1 saturated carbocycles. The molecule has 1 N–H and O–H groups in total. The molecule has 1 aliphatic carbocycles. The molecule has 5 nitrogen and oxygen atoms in total. The van der Waals surface area contributed by atoms with E-state index in [1.54, 1.807) is 12.1 Å². The number of fused-ring (bicyclic) bond motifs is 1. The second-order valence-electron chi connectivity index (χ2n) is 9.02. The summed E-state index contributed by atoms with van der Waals surface area (Å²) < 4.78 is 49.7. The molecule has 0 aliphatic heterocycles. The molecule has 1 fully saturated rings. The highest BCUT2D eigenvalue weighted by Crippen LogP contribution is 2.33. The van der Waals surface area contributed by atoms with E-state index in [1.807, 2.05) is 24.3 Å². The minimum absolute atomic E-state index is 0.00729. The fourth-order valence-corrected chi connectivity index (χ4v) is 4.71. The van der Waals surface area contributed by atoms with Crippen LogP contribution in [0.3, 0.4) is 0 Å². The average molecular weight is 500 g/mol. The number of carbonyl (C=O) groups excluding carboxylic acids is 2. The third-order valence-electron chi connectivity index (χ3n) is 6.65. The summed E-state index contributed by atoms with van der Waals surface area (Å²) in [4.78, 5) is 26.0. The van der Waals surface area contributed by atoms with E-state index in [-0.39, 0.29) is 18.1 Å². The Bertz CT molecular complexity index is 1220. The molecule has 4 rings (SSSR count). The summed E-state index contributed by atoms with van der Waals surface area (Å²) in [5.41, 5.74) is 0.0234. The lowest BCUT2D eigenvalue weighted by molar-refractivity contribution is -0.144. The van der Waals surface area contributed by atoms with E-state index in [1.165, 1.54) is 19.2 Å². The number of hydrogen-bond donors (Lipinski definition) is 1. The first-order valence-corrected chi connectivity index (χ1v) is 12.0. The molecule has 1 aliphatic rings. The Hall–Kier alpha value is -3.55. The number of alkyl halides is 3. The number of amides is 1. The first kappa shape index (κ1) is 25.5. The molecule has 1 amide bonds. The normalized spacial score (nSPS) is 15.3. The third-order valence-corrected chi connectivity index (χ3v) is 6.65. The van der Waals surface area contributed by atoms with Crippen LogP contribution < -0.4 is 10.1 Å². The van der Waals surface area contributed by atoms with Gasteiger partial charge in [-0.1, -0.05) is 61.7 Å². The van der Waals surface area contributed by atoms with Crippen LogP contribution in [0.25, 0.3) is 10.8 Å². The maximum atomic E-state index is 13.4. The molecule has 190 valence electrons. The van der Waals surface area contributed by atoms with Crippen molar-refractivity contribution in [1.29, 1.82) is 0 Å². The number of methoxy groups -OCH3 is 1. The summed E-state index contributed by atoms with van der Waals surface area (Å²) in [7, 11) is 1.30. The van der Waals surface area contributed by atoms with Gasteiger partial charge in [-0.2, -0.15) is 13.2 Å². The van der Waals surface area contributed by atoms with Gasteiger partial charge in [0.1, 0.15) is 18.4 Å². The highest BCUT2D eigenvalue weighted by atomic mass is 19.4. The SMILES string of the molecule is COC(=O)C(NC(=O)c1ccc2ccccc2c1OCc1ccc(C(F)(F)F)cc1)C1CCCCC1. The monoisotopic (exact) mass is 499 g/mol. The van der Waals surface area contributed by atoms with Crippen LogP contribution in [-0.2, 0) is 22.3 Å². The van der Waals surface area contributed by atoms with Crippen LogP contribution in [-0.4, -0.2) is 25.0 Å². The third kappa shape index (κ3) is 5.80. The van der Waals surface area contributed by atoms with Gasteiger partial charge in [-0.3, -0.25) is 4.79 Å². The first-order chi connectivity index (χ1) is 17.3. The number of halogens is 3. The van der Waals surface area contributed by atoms with Crippen LogP contribution in [0.15, 0.2) is 60.7 Å². The molecule has 1 atom stereocenters. The van der Waals surface area contributed by atoms with Gasteiger partial charge < -0.3 is 14.8 Å². The maximum absolute atomic E-state index is 13.4. The zero-order valence-corrected chi connectivity index (χ0v) is 19.9. The Kier molecular flexibility index (Phi) is 7.82. The highest BCUT2D eigenvalue weighted by molar-refractivity contribution is 6.05. The predicted octanol–water partition coefficient (Wildman–Crippen LogP) is 6.29. The molecule has 0 saturated heterocycles. The summed E-state index contributed by atoms with van der Waals surface area (Å²) in [5.74, 6) is -0.655. The van der Waals surface area contributed by atoms with Crippen molar-refractivity contribution in [1.82, 2.24) is 5.32 Å². The average Bonchev–Trinajstić information content (AvgIpc) is 2.90. The van der Waals surface area contributed by atoms with Gasteiger partial charge in [0.05, 0.1) is 18.2 Å². The van der Waals surface area contributed by atoms with E-state index in [2.05, 4.69) is 5.32 Å². The topological polar surface area (TPSA) is 64.6 Å². The summed E-state index contributed by atoms with van der Waals surface area (Å²) in [6.45, 7) is -0.0323. The Balaban J connectivity index is 1.61. The Morgan fingerprint density at radius 1 is 0.972 bits per heavy atom. The Morgan fingerprint density at radius 2 is 1.67 bits per heavy atom. The Labute approximate surface area is 207 Å². The molecule has 36 heavy (non-hydrogen) atoms. The van der Waals surface area contributed by atoms with Gasteiger partial charge >= 0.3 is 12.1 Å². The van der Waals surface area contributed by atoms with E-state index in [0.29, 0.717) is 16.7 Å². The van der Waals surface area contributed by atoms with Gasteiger partial charge in [-0.05, 0) is 47.9 Å². The minimum atomic E-state index is -4.42. The van der Waals surface area contributed by atoms with Crippen molar-refractivity contribution in [3.8, 4) is 5.75 Å². The minimum Gasteiger partial charge on any atom is -0.487 e. The lowest BCUT2D eigenvalue weighted by atomic mass is 9.83. The molecule has 0 heterocycles. The zero-order chi connectivity index (χ0) is 25.7. The number of esters is 1. The molecule has 3 aromatic rings. The molecule has 0 bridgehead atoms. The maximum Gasteiger partial charge on any atom is 0.416 e. The van der Waals surface area contributed by atoms with Crippen molar-refractivity contribution >= 4 is 22.6 Å². The van der Waals surface area contributed by atoms with Crippen molar-refractivity contribution < 1.29 is 32.2 Å². The van der Waals surface area contributed by atoms with Gasteiger partial charge in [0.2, 0.25) is 0 Å².